The standard InChI is InChI=1S/C9H16N6O2/c1-14-2-3-17-6(4-14)5-15-8(10)7(9(11)16)12-13-15/h6H,2-5,10H2,1H3,(H2,11,16)/t6-/m0/s1. The molecular weight excluding hydrogens is 224 g/mol. The zero-order valence-electron chi connectivity index (χ0n) is 9.67. The minimum Gasteiger partial charge on any atom is -0.382 e. The molecule has 0 radical (unpaired) electrons. The van der Waals surface area contributed by atoms with Crippen LogP contribution in [0.1, 0.15) is 10.5 Å². The molecule has 1 atom stereocenters. The Morgan fingerprint density at radius 2 is 2.41 bits per heavy atom. The Morgan fingerprint density at radius 3 is 3.00 bits per heavy atom. The number of ether oxygens (including phenoxy) is 1. The number of hydrogen-bond donors (Lipinski definition) is 2. The van der Waals surface area contributed by atoms with Gasteiger partial charge in [-0.1, -0.05) is 5.21 Å². The molecule has 0 aliphatic carbocycles. The van der Waals surface area contributed by atoms with Crippen molar-refractivity contribution in [3.05, 3.63) is 5.69 Å². The van der Waals surface area contributed by atoms with E-state index in [1.54, 1.807) is 0 Å². The summed E-state index contributed by atoms with van der Waals surface area (Å²) >= 11 is 0. The highest BCUT2D eigenvalue weighted by molar-refractivity contribution is 5.94. The normalized spacial score (nSPS) is 21.6. The fourth-order valence-electron chi connectivity index (χ4n) is 1.80. The first-order valence-electron chi connectivity index (χ1n) is 5.37. The molecule has 0 aromatic carbocycles. The van der Waals surface area contributed by atoms with Crippen molar-refractivity contribution >= 4 is 11.7 Å². The predicted octanol–water partition coefficient (Wildman–Crippen LogP) is -1.71. The van der Waals surface area contributed by atoms with Crippen LogP contribution in [-0.4, -0.2) is 58.6 Å². The number of nitrogen functional groups attached to an aromatic ring is 1. The molecule has 1 aromatic rings. The van der Waals surface area contributed by atoms with Gasteiger partial charge in [-0.05, 0) is 7.05 Å². The number of primary amides is 1. The van der Waals surface area contributed by atoms with Crippen LogP contribution in [0.15, 0.2) is 0 Å². The van der Waals surface area contributed by atoms with Gasteiger partial charge in [0, 0.05) is 13.1 Å². The van der Waals surface area contributed by atoms with Gasteiger partial charge in [-0.3, -0.25) is 4.79 Å². The molecule has 1 aliphatic heterocycles. The average Bonchev–Trinajstić information content (AvgIpc) is 2.61. The molecule has 2 heterocycles. The predicted molar refractivity (Wildman–Crippen MR) is 60.2 cm³/mol. The molecule has 0 saturated carbocycles. The second-order valence-electron chi connectivity index (χ2n) is 4.12. The fourth-order valence-corrected chi connectivity index (χ4v) is 1.80. The molecule has 1 aliphatic rings. The first-order valence-corrected chi connectivity index (χ1v) is 5.37. The van der Waals surface area contributed by atoms with Crippen LogP contribution >= 0.6 is 0 Å². The summed E-state index contributed by atoms with van der Waals surface area (Å²) < 4.78 is 7.02. The van der Waals surface area contributed by atoms with Crippen molar-refractivity contribution in [2.24, 2.45) is 5.73 Å². The zero-order valence-corrected chi connectivity index (χ0v) is 9.67. The first-order chi connectivity index (χ1) is 8.08. The third-order valence-corrected chi connectivity index (χ3v) is 2.73. The van der Waals surface area contributed by atoms with Crippen LogP contribution < -0.4 is 11.5 Å². The summed E-state index contributed by atoms with van der Waals surface area (Å²) in [5, 5.41) is 7.44. The highest BCUT2D eigenvalue weighted by Crippen LogP contribution is 2.11. The molecule has 1 fully saturated rings. The summed E-state index contributed by atoms with van der Waals surface area (Å²) in [6.45, 7) is 2.86. The van der Waals surface area contributed by atoms with Gasteiger partial charge in [-0.2, -0.15) is 0 Å². The summed E-state index contributed by atoms with van der Waals surface area (Å²) in [5.41, 5.74) is 10.8. The summed E-state index contributed by atoms with van der Waals surface area (Å²) in [7, 11) is 2.02. The SMILES string of the molecule is CN1CCO[C@H](Cn2nnc(C(N)=O)c2N)C1. The van der Waals surface area contributed by atoms with E-state index in [1.165, 1.54) is 4.68 Å². The molecule has 1 amide bonds. The van der Waals surface area contributed by atoms with E-state index in [9.17, 15) is 4.79 Å². The summed E-state index contributed by atoms with van der Waals surface area (Å²) in [4.78, 5) is 13.1. The molecule has 0 bridgehead atoms. The molecular formula is C9H16N6O2. The van der Waals surface area contributed by atoms with Gasteiger partial charge in [0.15, 0.2) is 11.5 Å². The molecule has 8 heteroatoms. The number of nitrogens with two attached hydrogens (primary N) is 2. The Kier molecular flexibility index (Phi) is 3.25. The molecule has 8 nitrogen and oxygen atoms in total. The molecule has 0 spiro atoms. The smallest absolute Gasteiger partial charge is 0.273 e. The van der Waals surface area contributed by atoms with Crippen LogP contribution in [0.25, 0.3) is 0 Å². The number of nitrogens with zero attached hydrogens (tertiary/aromatic N) is 4. The monoisotopic (exact) mass is 240 g/mol. The van der Waals surface area contributed by atoms with E-state index in [0.717, 1.165) is 13.1 Å². The molecule has 1 aromatic heterocycles. The molecule has 4 N–H and O–H groups in total. The van der Waals surface area contributed by atoms with Crippen LogP contribution in [0.3, 0.4) is 0 Å². The van der Waals surface area contributed by atoms with Gasteiger partial charge < -0.3 is 21.1 Å². The van der Waals surface area contributed by atoms with Crippen molar-refractivity contribution in [1.82, 2.24) is 19.9 Å². The van der Waals surface area contributed by atoms with Crippen LogP contribution in [0.2, 0.25) is 0 Å². The lowest BCUT2D eigenvalue weighted by atomic mass is 10.3. The third-order valence-electron chi connectivity index (χ3n) is 2.73. The molecule has 0 unspecified atom stereocenters. The van der Waals surface area contributed by atoms with Gasteiger partial charge in [0.1, 0.15) is 0 Å². The van der Waals surface area contributed by atoms with E-state index in [1.807, 2.05) is 7.05 Å². The van der Waals surface area contributed by atoms with Crippen molar-refractivity contribution < 1.29 is 9.53 Å². The molecule has 94 valence electrons. The maximum atomic E-state index is 11.0. The minimum atomic E-state index is -0.671. The number of rotatable bonds is 3. The topological polar surface area (TPSA) is 112 Å². The van der Waals surface area contributed by atoms with E-state index in [2.05, 4.69) is 15.2 Å². The number of aromatic nitrogens is 3. The van der Waals surface area contributed by atoms with E-state index >= 15 is 0 Å². The van der Waals surface area contributed by atoms with Gasteiger partial charge in [0.2, 0.25) is 0 Å². The quantitative estimate of drug-likeness (QED) is 0.650. The highest BCUT2D eigenvalue weighted by atomic mass is 16.5. The Balaban J connectivity index is 2.05. The number of amides is 1. The largest absolute Gasteiger partial charge is 0.382 e. The summed E-state index contributed by atoms with van der Waals surface area (Å²) in [5.74, 6) is -0.482. The van der Waals surface area contributed by atoms with Crippen LogP contribution in [0.5, 0.6) is 0 Å². The highest BCUT2D eigenvalue weighted by Gasteiger charge is 2.21. The summed E-state index contributed by atoms with van der Waals surface area (Å²) in [6, 6.07) is 0. The lowest BCUT2D eigenvalue weighted by Crippen LogP contribution is -2.42. The van der Waals surface area contributed by atoms with Gasteiger partial charge in [0.25, 0.3) is 5.91 Å². The second-order valence-corrected chi connectivity index (χ2v) is 4.12. The molecule has 17 heavy (non-hydrogen) atoms. The van der Waals surface area contributed by atoms with Gasteiger partial charge in [-0.25, -0.2) is 4.68 Å². The van der Waals surface area contributed by atoms with Crippen molar-refractivity contribution in [3.63, 3.8) is 0 Å². The lowest BCUT2D eigenvalue weighted by Gasteiger charge is -2.29. The maximum absolute atomic E-state index is 11.0. The Labute approximate surface area is 98.5 Å². The number of carbonyl (C=O) groups excluding carboxylic acids is 1. The summed E-state index contributed by atoms with van der Waals surface area (Å²) in [6.07, 6.45) is -0.00141. The Bertz CT molecular complexity index is 418. The van der Waals surface area contributed by atoms with E-state index < -0.39 is 5.91 Å². The molecule has 1 saturated heterocycles. The second kappa shape index (κ2) is 4.68. The lowest BCUT2D eigenvalue weighted by molar-refractivity contribution is -0.0289. The van der Waals surface area contributed by atoms with Crippen LogP contribution in [0.4, 0.5) is 5.82 Å². The van der Waals surface area contributed by atoms with Gasteiger partial charge in [0.05, 0.1) is 19.3 Å². The number of morpholine rings is 1. The van der Waals surface area contributed by atoms with E-state index in [-0.39, 0.29) is 17.6 Å². The zero-order chi connectivity index (χ0) is 12.4. The number of hydrogen-bond acceptors (Lipinski definition) is 6. The number of anilines is 1. The third kappa shape index (κ3) is 2.53. The minimum absolute atomic E-state index is 0.00141. The number of carbonyl (C=O) groups is 1. The van der Waals surface area contributed by atoms with Crippen LogP contribution in [-0.2, 0) is 11.3 Å². The van der Waals surface area contributed by atoms with E-state index in [0.29, 0.717) is 13.2 Å². The Hall–Kier alpha value is -1.67. The van der Waals surface area contributed by atoms with Crippen LogP contribution in [0, 0.1) is 0 Å². The van der Waals surface area contributed by atoms with Gasteiger partial charge >= 0.3 is 0 Å². The molecule has 2 rings (SSSR count). The Morgan fingerprint density at radius 1 is 1.65 bits per heavy atom. The van der Waals surface area contributed by atoms with Gasteiger partial charge in [-0.15, -0.1) is 5.10 Å². The van der Waals surface area contributed by atoms with Crippen molar-refractivity contribution in [2.75, 3.05) is 32.5 Å². The fraction of sp³-hybridized carbons (Fsp3) is 0.667. The van der Waals surface area contributed by atoms with Crippen molar-refractivity contribution in [1.29, 1.82) is 0 Å². The van der Waals surface area contributed by atoms with Crippen molar-refractivity contribution in [3.8, 4) is 0 Å². The average molecular weight is 240 g/mol. The number of likely N-dealkylation sites (N-methyl/N-ethyl adjacent to an activating group) is 1. The first kappa shape index (κ1) is 11.8. The van der Waals surface area contributed by atoms with Crippen molar-refractivity contribution in [2.45, 2.75) is 12.6 Å². The van der Waals surface area contributed by atoms with E-state index in [4.69, 9.17) is 16.2 Å². The maximum Gasteiger partial charge on any atom is 0.273 e.